The zero-order chi connectivity index (χ0) is 14.6. The number of aliphatic imine (C=N–C) groups is 1. The highest BCUT2D eigenvalue weighted by Gasteiger charge is 2.31. The van der Waals surface area contributed by atoms with Gasteiger partial charge in [0.15, 0.2) is 0 Å². The largest absolute Gasteiger partial charge is 0.469 e. The van der Waals surface area contributed by atoms with Crippen LogP contribution in [0.25, 0.3) is 0 Å². The van der Waals surface area contributed by atoms with Crippen molar-refractivity contribution in [2.45, 2.75) is 33.3 Å². The van der Waals surface area contributed by atoms with Gasteiger partial charge in [0.1, 0.15) is 11.4 Å². The van der Waals surface area contributed by atoms with Crippen molar-refractivity contribution in [2.24, 2.45) is 16.8 Å². The normalized spacial score (nSPS) is 22.5. The number of carbonyl (C=O) groups excluding carboxylic acids is 2. The lowest BCUT2D eigenvalue weighted by atomic mass is 9.91. The van der Waals surface area contributed by atoms with Crippen LogP contribution in [0, 0.1) is 11.8 Å². The third-order valence-corrected chi connectivity index (χ3v) is 2.58. The highest BCUT2D eigenvalue weighted by molar-refractivity contribution is 5.99. The summed E-state index contributed by atoms with van der Waals surface area (Å²) < 4.78 is 9.84. The maximum atomic E-state index is 11.7. The Bertz CT molecular complexity index is 421. The van der Waals surface area contributed by atoms with E-state index in [-0.39, 0.29) is 11.9 Å². The van der Waals surface area contributed by atoms with Crippen LogP contribution in [0.15, 0.2) is 17.3 Å². The lowest BCUT2D eigenvalue weighted by molar-refractivity contribution is -0.144. The number of methoxy groups -OCH3 is 1. The summed E-state index contributed by atoms with van der Waals surface area (Å²) in [5, 5.41) is 2.56. The number of carbonyl (C=O) groups is 2. The average molecular weight is 268 g/mol. The molecule has 0 spiro atoms. The van der Waals surface area contributed by atoms with Gasteiger partial charge in [-0.05, 0) is 20.8 Å². The Kier molecular flexibility index (Phi) is 4.69. The van der Waals surface area contributed by atoms with E-state index in [9.17, 15) is 9.59 Å². The van der Waals surface area contributed by atoms with Gasteiger partial charge in [0, 0.05) is 12.1 Å². The van der Waals surface area contributed by atoms with Crippen molar-refractivity contribution in [1.29, 1.82) is 0 Å². The standard InChI is InChI=1S/C13H20N2O4/c1-8-9(11(16)18-5)6-7-14-10(8)15-12(17)19-13(2,3)4/h6-9H,1-5H3,(H,14,15,17). The summed E-state index contributed by atoms with van der Waals surface area (Å²) >= 11 is 0. The van der Waals surface area contributed by atoms with Gasteiger partial charge in [-0.25, -0.2) is 9.79 Å². The molecule has 0 radical (unpaired) electrons. The second kappa shape index (κ2) is 5.86. The van der Waals surface area contributed by atoms with Gasteiger partial charge in [-0.2, -0.15) is 0 Å². The molecule has 0 aromatic rings. The SMILES string of the molecule is COC(=O)C1C=CN=C(NC(=O)OC(C)(C)C)C1C. The first-order valence-electron chi connectivity index (χ1n) is 6.07. The van der Waals surface area contributed by atoms with Crippen LogP contribution in [0.2, 0.25) is 0 Å². The zero-order valence-corrected chi connectivity index (χ0v) is 11.9. The smallest absolute Gasteiger partial charge is 0.413 e. The number of amides is 1. The van der Waals surface area contributed by atoms with E-state index in [1.807, 2.05) is 0 Å². The van der Waals surface area contributed by atoms with Crippen LogP contribution in [0.5, 0.6) is 0 Å². The monoisotopic (exact) mass is 268 g/mol. The van der Waals surface area contributed by atoms with E-state index >= 15 is 0 Å². The van der Waals surface area contributed by atoms with E-state index in [4.69, 9.17) is 9.47 Å². The molecule has 0 saturated heterocycles. The van der Waals surface area contributed by atoms with Crippen LogP contribution < -0.4 is 5.32 Å². The Morgan fingerprint density at radius 2 is 2.00 bits per heavy atom. The summed E-state index contributed by atoms with van der Waals surface area (Å²) in [6, 6.07) is 0. The molecule has 19 heavy (non-hydrogen) atoms. The number of amidine groups is 1. The van der Waals surface area contributed by atoms with Crippen LogP contribution in [-0.2, 0) is 14.3 Å². The van der Waals surface area contributed by atoms with E-state index in [0.29, 0.717) is 5.84 Å². The number of nitrogens with zero attached hydrogens (tertiary/aromatic N) is 1. The number of alkyl carbamates (subject to hydrolysis) is 1. The Balaban J connectivity index is 2.69. The Morgan fingerprint density at radius 1 is 1.37 bits per heavy atom. The minimum atomic E-state index is -0.586. The first-order valence-corrected chi connectivity index (χ1v) is 6.07. The number of hydrogen-bond donors (Lipinski definition) is 1. The molecule has 1 N–H and O–H groups in total. The molecule has 2 atom stereocenters. The van der Waals surface area contributed by atoms with Gasteiger partial charge >= 0.3 is 12.1 Å². The molecule has 0 aromatic heterocycles. The minimum absolute atomic E-state index is 0.273. The van der Waals surface area contributed by atoms with Crippen molar-refractivity contribution < 1.29 is 19.1 Å². The van der Waals surface area contributed by atoms with E-state index < -0.39 is 17.6 Å². The van der Waals surface area contributed by atoms with Crippen molar-refractivity contribution in [3.63, 3.8) is 0 Å². The third kappa shape index (κ3) is 4.39. The number of ether oxygens (including phenoxy) is 2. The molecule has 1 rings (SSSR count). The van der Waals surface area contributed by atoms with Crippen LogP contribution in [0.1, 0.15) is 27.7 Å². The number of nitrogens with one attached hydrogen (secondary N) is 1. The molecule has 6 nitrogen and oxygen atoms in total. The van der Waals surface area contributed by atoms with Crippen LogP contribution >= 0.6 is 0 Å². The quantitative estimate of drug-likeness (QED) is 0.736. The molecule has 1 aliphatic rings. The van der Waals surface area contributed by atoms with E-state index in [1.54, 1.807) is 33.8 Å². The van der Waals surface area contributed by atoms with E-state index in [0.717, 1.165) is 0 Å². The van der Waals surface area contributed by atoms with Crippen molar-refractivity contribution >= 4 is 17.9 Å². The third-order valence-electron chi connectivity index (χ3n) is 2.58. The fourth-order valence-electron chi connectivity index (χ4n) is 1.64. The summed E-state index contributed by atoms with van der Waals surface area (Å²) in [5.74, 6) is -0.688. The summed E-state index contributed by atoms with van der Waals surface area (Å²) in [4.78, 5) is 27.3. The van der Waals surface area contributed by atoms with Crippen molar-refractivity contribution in [2.75, 3.05) is 7.11 Å². The molecule has 0 aromatic carbocycles. The molecule has 1 heterocycles. The molecule has 0 saturated carbocycles. The van der Waals surface area contributed by atoms with Gasteiger partial charge in [-0.15, -0.1) is 0 Å². The van der Waals surface area contributed by atoms with Gasteiger partial charge < -0.3 is 9.47 Å². The molecule has 2 unspecified atom stereocenters. The number of rotatable bonds is 1. The van der Waals surface area contributed by atoms with E-state index in [2.05, 4.69) is 10.3 Å². The van der Waals surface area contributed by atoms with Crippen LogP contribution in [-0.4, -0.2) is 30.6 Å². The maximum Gasteiger partial charge on any atom is 0.413 e. The number of esters is 1. The highest BCUT2D eigenvalue weighted by atomic mass is 16.6. The van der Waals surface area contributed by atoms with Gasteiger partial charge in [0.05, 0.1) is 13.0 Å². The van der Waals surface area contributed by atoms with Gasteiger partial charge in [-0.3, -0.25) is 10.1 Å². The molecule has 0 aliphatic carbocycles. The molecular formula is C13H20N2O4. The molecular weight excluding hydrogens is 248 g/mol. The predicted octanol–water partition coefficient (Wildman–Crippen LogP) is 1.86. The summed E-state index contributed by atoms with van der Waals surface area (Å²) in [5.41, 5.74) is -0.583. The zero-order valence-electron chi connectivity index (χ0n) is 11.9. The Morgan fingerprint density at radius 3 is 2.53 bits per heavy atom. The summed E-state index contributed by atoms with van der Waals surface area (Å²) in [7, 11) is 1.33. The lowest BCUT2D eigenvalue weighted by Crippen LogP contribution is -2.42. The van der Waals surface area contributed by atoms with Crippen molar-refractivity contribution in [3.8, 4) is 0 Å². The first kappa shape index (κ1) is 15.2. The van der Waals surface area contributed by atoms with Crippen LogP contribution in [0.3, 0.4) is 0 Å². The second-order valence-electron chi connectivity index (χ2n) is 5.32. The molecule has 0 fully saturated rings. The van der Waals surface area contributed by atoms with Gasteiger partial charge in [-0.1, -0.05) is 13.0 Å². The number of hydrogen-bond acceptors (Lipinski definition) is 5. The van der Waals surface area contributed by atoms with Gasteiger partial charge in [0.2, 0.25) is 0 Å². The van der Waals surface area contributed by atoms with E-state index in [1.165, 1.54) is 13.3 Å². The summed E-state index contributed by atoms with van der Waals surface area (Å²) in [6.45, 7) is 7.11. The first-order chi connectivity index (χ1) is 8.74. The molecule has 1 aliphatic heterocycles. The highest BCUT2D eigenvalue weighted by Crippen LogP contribution is 2.20. The minimum Gasteiger partial charge on any atom is -0.469 e. The Hall–Kier alpha value is -1.85. The van der Waals surface area contributed by atoms with Crippen molar-refractivity contribution in [1.82, 2.24) is 5.32 Å². The predicted molar refractivity (Wildman–Crippen MR) is 70.6 cm³/mol. The molecule has 1 amide bonds. The molecule has 0 bridgehead atoms. The second-order valence-corrected chi connectivity index (χ2v) is 5.32. The fraction of sp³-hybridized carbons (Fsp3) is 0.615. The summed E-state index contributed by atoms with van der Waals surface area (Å²) in [6.07, 6.45) is 2.54. The van der Waals surface area contributed by atoms with Gasteiger partial charge in [0.25, 0.3) is 0 Å². The topological polar surface area (TPSA) is 77.0 Å². The van der Waals surface area contributed by atoms with Crippen molar-refractivity contribution in [3.05, 3.63) is 12.3 Å². The average Bonchev–Trinajstić information content (AvgIpc) is 2.28. The Labute approximate surface area is 112 Å². The maximum absolute atomic E-state index is 11.7. The fourth-order valence-corrected chi connectivity index (χ4v) is 1.64. The molecule has 6 heteroatoms. The molecule has 106 valence electrons. The lowest BCUT2D eigenvalue weighted by Gasteiger charge is -2.25. The van der Waals surface area contributed by atoms with Crippen LogP contribution in [0.4, 0.5) is 4.79 Å².